The molecule has 0 unspecified atom stereocenters. The summed E-state index contributed by atoms with van der Waals surface area (Å²) in [6, 6.07) is 11.8. The van der Waals surface area contributed by atoms with Crippen molar-refractivity contribution >= 4 is 23.2 Å². The molecule has 4 nitrogen and oxygen atoms in total. The minimum absolute atomic E-state index is 0.00994. The fourth-order valence-corrected chi connectivity index (χ4v) is 2.60. The number of thiophene rings is 1. The van der Waals surface area contributed by atoms with E-state index in [0.29, 0.717) is 13.0 Å². The minimum atomic E-state index is -0.184. The molecule has 2 rings (SSSR count). The third-order valence-electron chi connectivity index (χ3n) is 2.93. The van der Waals surface area contributed by atoms with Crippen LogP contribution in [-0.4, -0.2) is 18.4 Å². The summed E-state index contributed by atoms with van der Waals surface area (Å²) >= 11 is 1.53. The highest BCUT2D eigenvalue weighted by molar-refractivity contribution is 7.10. The first-order valence-electron chi connectivity index (χ1n) is 6.75. The molecule has 0 radical (unpaired) electrons. The first-order valence-corrected chi connectivity index (χ1v) is 7.63. The molecule has 0 fully saturated rings. The second-order valence-corrected chi connectivity index (χ2v) is 5.83. The molecule has 1 heterocycles. The van der Waals surface area contributed by atoms with Crippen molar-refractivity contribution in [1.29, 1.82) is 0 Å². The van der Waals surface area contributed by atoms with Crippen LogP contribution in [0.5, 0.6) is 0 Å². The van der Waals surface area contributed by atoms with Gasteiger partial charge in [0.15, 0.2) is 0 Å². The van der Waals surface area contributed by atoms with Gasteiger partial charge in [-0.1, -0.05) is 35.9 Å². The molecule has 0 aliphatic heterocycles. The molecular weight excluding hydrogens is 284 g/mol. The molecule has 5 heteroatoms. The van der Waals surface area contributed by atoms with Gasteiger partial charge in [0.05, 0.1) is 13.0 Å². The lowest BCUT2D eigenvalue weighted by atomic mass is 10.1. The van der Waals surface area contributed by atoms with Crippen LogP contribution in [0, 0.1) is 6.92 Å². The van der Waals surface area contributed by atoms with Crippen LogP contribution in [0.2, 0.25) is 0 Å². The van der Waals surface area contributed by atoms with Crippen molar-refractivity contribution in [2.45, 2.75) is 19.9 Å². The number of rotatable bonds is 6. The van der Waals surface area contributed by atoms with Gasteiger partial charge in [-0.15, -0.1) is 11.3 Å². The second kappa shape index (κ2) is 7.59. The molecule has 21 heavy (non-hydrogen) atoms. The predicted octanol–water partition coefficient (Wildman–Crippen LogP) is 2.03. The van der Waals surface area contributed by atoms with Crippen LogP contribution < -0.4 is 10.6 Å². The second-order valence-electron chi connectivity index (χ2n) is 4.80. The highest BCUT2D eigenvalue weighted by Gasteiger charge is 2.07. The van der Waals surface area contributed by atoms with Crippen LogP contribution in [0.4, 0.5) is 0 Å². The number of carbonyl (C=O) groups is 2. The van der Waals surface area contributed by atoms with E-state index in [1.807, 2.05) is 48.7 Å². The SMILES string of the molecule is Cc1cccc(CNC(=O)CNC(=O)Cc2cccs2)c1. The third kappa shape index (κ3) is 5.39. The van der Waals surface area contributed by atoms with Gasteiger partial charge in [0.25, 0.3) is 0 Å². The molecule has 2 amide bonds. The smallest absolute Gasteiger partial charge is 0.239 e. The van der Waals surface area contributed by atoms with E-state index < -0.39 is 0 Å². The first-order chi connectivity index (χ1) is 10.1. The van der Waals surface area contributed by atoms with Gasteiger partial charge in [0, 0.05) is 11.4 Å². The fraction of sp³-hybridized carbons (Fsp3) is 0.250. The van der Waals surface area contributed by atoms with Crippen molar-refractivity contribution in [3.05, 3.63) is 57.8 Å². The summed E-state index contributed by atoms with van der Waals surface area (Å²) in [5.74, 6) is -0.320. The maximum atomic E-state index is 11.7. The molecule has 0 atom stereocenters. The molecule has 110 valence electrons. The Hall–Kier alpha value is -2.14. The maximum absolute atomic E-state index is 11.7. The van der Waals surface area contributed by atoms with E-state index in [9.17, 15) is 9.59 Å². The normalized spacial score (nSPS) is 10.1. The Morgan fingerprint density at radius 2 is 1.95 bits per heavy atom. The van der Waals surface area contributed by atoms with Crippen molar-refractivity contribution in [2.75, 3.05) is 6.54 Å². The Balaban J connectivity index is 1.69. The van der Waals surface area contributed by atoms with Crippen molar-refractivity contribution in [1.82, 2.24) is 10.6 Å². The molecule has 0 saturated carbocycles. The first kappa shape index (κ1) is 15.3. The number of hydrogen-bond acceptors (Lipinski definition) is 3. The van der Waals surface area contributed by atoms with Gasteiger partial charge in [-0.3, -0.25) is 9.59 Å². The lowest BCUT2D eigenvalue weighted by Crippen LogP contribution is -2.37. The maximum Gasteiger partial charge on any atom is 0.239 e. The molecule has 1 aromatic heterocycles. The lowest BCUT2D eigenvalue weighted by molar-refractivity contribution is -0.125. The van der Waals surface area contributed by atoms with Crippen LogP contribution >= 0.6 is 11.3 Å². The molecule has 0 aliphatic carbocycles. The average Bonchev–Trinajstić information content (AvgIpc) is 2.96. The van der Waals surface area contributed by atoms with E-state index >= 15 is 0 Å². The molecular formula is C16H18N2O2S. The van der Waals surface area contributed by atoms with E-state index in [0.717, 1.165) is 16.0 Å². The third-order valence-corrected chi connectivity index (χ3v) is 3.81. The number of carbonyl (C=O) groups excluding carboxylic acids is 2. The Labute approximate surface area is 128 Å². The van der Waals surface area contributed by atoms with Crippen molar-refractivity contribution < 1.29 is 9.59 Å². The summed E-state index contributed by atoms with van der Waals surface area (Å²) in [5, 5.41) is 7.34. The van der Waals surface area contributed by atoms with Gasteiger partial charge in [0.1, 0.15) is 0 Å². The monoisotopic (exact) mass is 302 g/mol. The molecule has 0 aliphatic rings. The zero-order valence-electron chi connectivity index (χ0n) is 11.9. The van der Waals surface area contributed by atoms with Crippen molar-refractivity contribution in [3.63, 3.8) is 0 Å². The van der Waals surface area contributed by atoms with Gasteiger partial charge in [0.2, 0.25) is 11.8 Å². The van der Waals surface area contributed by atoms with Gasteiger partial charge >= 0.3 is 0 Å². The Morgan fingerprint density at radius 3 is 2.67 bits per heavy atom. The molecule has 2 aromatic rings. The summed E-state index contributed by atoms with van der Waals surface area (Å²) in [7, 11) is 0. The fourth-order valence-electron chi connectivity index (χ4n) is 1.90. The van der Waals surface area contributed by atoms with Gasteiger partial charge < -0.3 is 10.6 Å². The number of aryl methyl sites for hydroxylation is 1. The van der Waals surface area contributed by atoms with Gasteiger partial charge in [-0.2, -0.15) is 0 Å². The molecule has 0 bridgehead atoms. The molecule has 2 N–H and O–H groups in total. The average molecular weight is 302 g/mol. The van der Waals surface area contributed by atoms with E-state index in [1.165, 1.54) is 11.3 Å². The summed E-state index contributed by atoms with van der Waals surface area (Å²) in [6.45, 7) is 2.49. The number of nitrogens with one attached hydrogen (secondary N) is 2. The van der Waals surface area contributed by atoms with Crippen LogP contribution in [0.3, 0.4) is 0 Å². The molecule has 0 spiro atoms. The predicted molar refractivity (Wildman–Crippen MR) is 84.1 cm³/mol. The Kier molecular flexibility index (Phi) is 5.51. The summed E-state index contributed by atoms with van der Waals surface area (Å²) in [6.07, 6.45) is 0.322. The lowest BCUT2D eigenvalue weighted by Gasteiger charge is -2.07. The summed E-state index contributed by atoms with van der Waals surface area (Å²) < 4.78 is 0. The van der Waals surface area contributed by atoms with E-state index in [2.05, 4.69) is 10.6 Å². The number of hydrogen-bond donors (Lipinski definition) is 2. The topological polar surface area (TPSA) is 58.2 Å². The Morgan fingerprint density at radius 1 is 1.10 bits per heavy atom. The molecule has 0 saturated heterocycles. The van der Waals surface area contributed by atoms with Crippen molar-refractivity contribution in [2.24, 2.45) is 0 Å². The standard InChI is InChI=1S/C16H18N2O2S/c1-12-4-2-5-13(8-12)10-17-16(20)11-18-15(19)9-14-6-3-7-21-14/h2-8H,9-11H2,1H3,(H,17,20)(H,18,19). The molecule has 1 aromatic carbocycles. The van der Waals surface area contributed by atoms with Gasteiger partial charge in [-0.25, -0.2) is 0 Å². The van der Waals surface area contributed by atoms with Crippen molar-refractivity contribution in [3.8, 4) is 0 Å². The highest BCUT2D eigenvalue weighted by atomic mass is 32.1. The minimum Gasteiger partial charge on any atom is -0.350 e. The van der Waals surface area contributed by atoms with E-state index in [-0.39, 0.29) is 18.4 Å². The highest BCUT2D eigenvalue weighted by Crippen LogP contribution is 2.08. The zero-order chi connectivity index (χ0) is 15.1. The number of benzene rings is 1. The van der Waals surface area contributed by atoms with Gasteiger partial charge in [-0.05, 0) is 23.9 Å². The summed E-state index contributed by atoms with van der Waals surface area (Å²) in [4.78, 5) is 24.3. The quantitative estimate of drug-likeness (QED) is 0.858. The van der Waals surface area contributed by atoms with Crippen LogP contribution in [0.15, 0.2) is 41.8 Å². The van der Waals surface area contributed by atoms with E-state index in [1.54, 1.807) is 0 Å². The van der Waals surface area contributed by atoms with Crippen LogP contribution in [0.1, 0.15) is 16.0 Å². The van der Waals surface area contributed by atoms with E-state index in [4.69, 9.17) is 0 Å². The van der Waals surface area contributed by atoms with Crippen LogP contribution in [0.25, 0.3) is 0 Å². The van der Waals surface area contributed by atoms with Crippen LogP contribution in [-0.2, 0) is 22.6 Å². The number of amides is 2. The Bertz CT molecular complexity index is 608. The zero-order valence-corrected chi connectivity index (χ0v) is 12.7. The largest absolute Gasteiger partial charge is 0.350 e. The summed E-state index contributed by atoms with van der Waals surface area (Å²) in [5.41, 5.74) is 2.21.